The van der Waals surface area contributed by atoms with Gasteiger partial charge < -0.3 is 16.0 Å². The molecule has 24 heavy (non-hydrogen) atoms. The number of aromatic nitrogens is 1. The number of primary amides is 1. The Morgan fingerprint density at radius 2 is 1.79 bits per heavy atom. The van der Waals surface area contributed by atoms with Crippen molar-refractivity contribution in [3.63, 3.8) is 0 Å². The summed E-state index contributed by atoms with van der Waals surface area (Å²) >= 11 is 0. The first-order chi connectivity index (χ1) is 11.5. The molecule has 0 aliphatic rings. The molecule has 0 aliphatic heterocycles. The molecule has 3 rings (SSSR count). The molecule has 4 heteroatoms. The van der Waals surface area contributed by atoms with E-state index in [0.717, 1.165) is 29.2 Å². The lowest BCUT2D eigenvalue weighted by Gasteiger charge is -2.11. The van der Waals surface area contributed by atoms with E-state index in [4.69, 9.17) is 5.73 Å². The Balaban J connectivity index is 1.86. The molecule has 0 bridgehead atoms. The summed E-state index contributed by atoms with van der Waals surface area (Å²) in [6.07, 6.45) is 0. The maximum atomic E-state index is 11.5. The Labute approximate surface area is 141 Å². The molecule has 4 N–H and O–H groups in total. The molecule has 122 valence electrons. The third kappa shape index (κ3) is 3.33. The third-order valence-electron chi connectivity index (χ3n) is 4.10. The van der Waals surface area contributed by atoms with Gasteiger partial charge in [0.2, 0.25) is 0 Å². The quantitative estimate of drug-likeness (QED) is 0.665. The highest BCUT2D eigenvalue weighted by molar-refractivity contribution is 5.96. The molecule has 0 spiro atoms. The number of aryl methyl sites for hydroxylation is 2. The first-order valence-electron chi connectivity index (χ1n) is 7.93. The Kier molecular flexibility index (Phi) is 4.38. The van der Waals surface area contributed by atoms with Crippen LogP contribution in [-0.4, -0.2) is 10.9 Å². The first kappa shape index (κ1) is 15.9. The lowest BCUT2D eigenvalue weighted by atomic mass is 10.1. The molecule has 0 fully saturated rings. The number of para-hydroxylation sites is 1. The van der Waals surface area contributed by atoms with Gasteiger partial charge in [0.05, 0.1) is 5.56 Å². The maximum absolute atomic E-state index is 11.5. The van der Waals surface area contributed by atoms with Crippen molar-refractivity contribution < 1.29 is 4.79 Å². The number of carbonyl (C=O) groups is 1. The molecule has 1 amide bonds. The fraction of sp³-hybridized carbons (Fsp3) is 0.150. The number of H-pyrrole nitrogens is 1. The Morgan fingerprint density at radius 1 is 1.08 bits per heavy atom. The van der Waals surface area contributed by atoms with Gasteiger partial charge in [0.15, 0.2) is 0 Å². The highest BCUT2D eigenvalue weighted by Crippen LogP contribution is 2.29. The molecule has 0 atom stereocenters. The topological polar surface area (TPSA) is 70.9 Å². The average molecular weight is 319 g/mol. The highest BCUT2D eigenvalue weighted by atomic mass is 16.1. The van der Waals surface area contributed by atoms with Crippen molar-refractivity contribution in [2.24, 2.45) is 5.73 Å². The molecular formula is C20H21N3O. The molecule has 3 aromatic rings. The van der Waals surface area contributed by atoms with Crippen molar-refractivity contribution in [3.8, 4) is 11.3 Å². The van der Waals surface area contributed by atoms with Gasteiger partial charge in [-0.2, -0.15) is 0 Å². The molecule has 0 saturated heterocycles. The summed E-state index contributed by atoms with van der Waals surface area (Å²) in [5.41, 5.74) is 12.1. The number of nitrogens with one attached hydrogen (secondary N) is 2. The minimum absolute atomic E-state index is 0.417. The summed E-state index contributed by atoms with van der Waals surface area (Å²) < 4.78 is 0. The average Bonchev–Trinajstić information content (AvgIpc) is 2.96. The number of nitrogens with two attached hydrogens (primary N) is 1. The summed E-state index contributed by atoms with van der Waals surface area (Å²) in [6, 6.07) is 18.3. The number of hydrogen-bond donors (Lipinski definition) is 3. The van der Waals surface area contributed by atoms with E-state index in [9.17, 15) is 4.79 Å². The zero-order valence-corrected chi connectivity index (χ0v) is 13.9. The second kappa shape index (κ2) is 6.62. The van der Waals surface area contributed by atoms with E-state index in [1.807, 2.05) is 37.3 Å². The van der Waals surface area contributed by atoms with E-state index in [1.165, 1.54) is 11.1 Å². The normalized spacial score (nSPS) is 10.6. The second-order valence-corrected chi connectivity index (χ2v) is 5.97. The first-order valence-corrected chi connectivity index (χ1v) is 7.93. The van der Waals surface area contributed by atoms with Gasteiger partial charge in [-0.1, -0.05) is 48.0 Å². The zero-order chi connectivity index (χ0) is 17.1. The van der Waals surface area contributed by atoms with Crippen LogP contribution in [0.25, 0.3) is 11.3 Å². The lowest BCUT2D eigenvalue weighted by molar-refractivity contribution is 0.1000. The van der Waals surface area contributed by atoms with Crippen LogP contribution in [0, 0.1) is 13.8 Å². The maximum Gasteiger partial charge on any atom is 0.250 e. The molecular weight excluding hydrogens is 298 g/mol. The summed E-state index contributed by atoms with van der Waals surface area (Å²) in [7, 11) is 0. The zero-order valence-electron chi connectivity index (χ0n) is 13.9. The minimum Gasteiger partial charge on any atom is -0.380 e. The smallest absolute Gasteiger partial charge is 0.250 e. The van der Waals surface area contributed by atoms with Crippen LogP contribution in [-0.2, 0) is 6.54 Å². The summed E-state index contributed by atoms with van der Waals surface area (Å²) in [6.45, 7) is 4.67. The predicted molar refractivity (Wildman–Crippen MR) is 98.0 cm³/mol. The highest BCUT2D eigenvalue weighted by Gasteiger charge is 2.13. The number of benzene rings is 2. The molecule has 0 radical (unpaired) electrons. The Hall–Kier alpha value is -3.01. The lowest BCUT2D eigenvalue weighted by Crippen LogP contribution is -2.10. The van der Waals surface area contributed by atoms with Crippen molar-refractivity contribution in [3.05, 3.63) is 77.0 Å². The standard InChI is InChI=1S/C20H21N3O/c1-13-7-9-15(10-8-13)12-22-18-6-4-3-5-16(18)19-11-17(20(21)24)14(2)23-19/h3-11,22-23H,12H2,1-2H3,(H2,21,24). The minimum atomic E-state index is -0.417. The second-order valence-electron chi connectivity index (χ2n) is 5.97. The molecule has 0 saturated carbocycles. The fourth-order valence-corrected chi connectivity index (χ4v) is 2.73. The van der Waals surface area contributed by atoms with Gasteiger partial charge in [0.25, 0.3) is 5.91 Å². The van der Waals surface area contributed by atoms with Crippen LogP contribution < -0.4 is 11.1 Å². The van der Waals surface area contributed by atoms with Crippen molar-refractivity contribution in [1.29, 1.82) is 0 Å². The van der Waals surface area contributed by atoms with Crippen LogP contribution >= 0.6 is 0 Å². The van der Waals surface area contributed by atoms with E-state index >= 15 is 0 Å². The summed E-state index contributed by atoms with van der Waals surface area (Å²) in [5, 5.41) is 3.47. The summed E-state index contributed by atoms with van der Waals surface area (Å²) in [5.74, 6) is -0.417. The number of hydrogen-bond acceptors (Lipinski definition) is 2. The molecule has 0 unspecified atom stereocenters. The molecule has 1 heterocycles. The molecule has 0 aliphatic carbocycles. The van der Waals surface area contributed by atoms with Gasteiger partial charge in [-0.3, -0.25) is 4.79 Å². The molecule has 2 aromatic carbocycles. The van der Waals surface area contributed by atoms with E-state index < -0.39 is 5.91 Å². The van der Waals surface area contributed by atoms with Crippen molar-refractivity contribution in [1.82, 2.24) is 4.98 Å². The van der Waals surface area contributed by atoms with Gasteiger partial charge in [-0.05, 0) is 31.5 Å². The Morgan fingerprint density at radius 3 is 2.46 bits per heavy atom. The van der Waals surface area contributed by atoms with Gasteiger partial charge in [-0.25, -0.2) is 0 Å². The number of rotatable bonds is 5. The van der Waals surface area contributed by atoms with Gasteiger partial charge >= 0.3 is 0 Å². The fourth-order valence-electron chi connectivity index (χ4n) is 2.73. The summed E-state index contributed by atoms with van der Waals surface area (Å²) in [4.78, 5) is 14.7. The van der Waals surface area contributed by atoms with Gasteiger partial charge in [0.1, 0.15) is 0 Å². The Bertz CT molecular complexity index is 863. The van der Waals surface area contributed by atoms with Crippen LogP contribution in [0.5, 0.6) is 0 Å². The van der Waals surface area contributed by atoms with Crippen molar-refractivity contribution in [2.75, 3.05) is 5.32 Å². The number of aromatic amines is 1. The van der Waals surface area contributed by atoms with Crippen molar-refractivity contribution >= 4 is 11.6 Å². The van der Waals surface area contributed by atoms with Gasteiger partial charge in [0, 0.05) is 29.2 Å². The van der Waals surface area contributed by atoms with Crippen LogP contribution in [0.4, 0.5) is 5.69 Å². The van der Waals surface area contributed by atoms with Crippen LogP contribution in [0.2, 0.25) is 0 Å². The molecule has 4 nitrogen and oxygen atoms in total. The third-order valence-corrected chi connectivity index (χ3v) is 4.10. The number of anilines is 1. The number of amides is 1. The largest absolute Gasteiger partial charge is 0.380 e. The SMILES string of the molecule is Cc1ccc(CNc2ccccc2-c2cc(C(N)=O)c(C)[nH]2)cc1. The van der Waals surface area contributed by atoms with E-state index in [-0.39, 0.29) is 0 Å². The van der Waals surface area contributed by atoms with E-state index in [2.05, 4.69) is 41.5 Å². The molecule has 1 aromatic heterocycles. The van der Waals surface area contributed by atoms with Gasteiger partial charge in [-0.15, -0.1) is 0 Å². The monoisotopic (exact) mass is 319 g/mol. The van der Waals surface area contributed by atoms with Crippen molar-refractivity contribution in [2.45, 2.75) is 20.4 Å². The number of carbonyl (C=O) groups excluding carboxylic acids is 1. The van der Waals surface area contributed by atoms with Crippen LogP contribution in [0.15, 0.2) is 54.6 Å². The van der Waals surface area contributed by atoms with Crippen LogP contribution in [0.3, 0.4) is 0 Å². The predicted octanol–water partition coefficient (Wildman–Crippen LogP) is 4.01. The van der Waals surface area contributed by atoms with Crippen LogP contribution in [0.1, 0.15) is 27.2 Å². The van der Waals surface area contributed by atoms with E-state index in [0.29, 0.717) is 5.56 Å². The van der Waals surface area contributed by atoms with E-state index in [1.54, 1.807) is 0 Å².